The van der Waals surface area contributed by atoms with E-state index in [1.54, 1.807) is 27.7 Å². The SMILES string of the molecule is O=c1ccc(-n2cccn2)nn1CC1CCN(CC2(O)CCOC2)CC1. The monoisotopic (exact) mass is 359 g/mol. The van der Waals surface area contributed by atoms with Gasteiger partial charge in [-0.05, 0) is 44.0 Å². The summed E-state index contributed by atoms with van der Waals surface area (Å²) >= 11 is 0. The Kier molecular flexibility index (Phi) is 4.88. The van der Waals surface area contributed by atoms with E-state index in [4.69, 9.17) is 4.74 Å². The molecule has 0 amide bonds. The first-order chi connectivity index (χ1) is 12.6. The first kappa shape index (κ1) is 17.4. The van der Waals surface area contributed by atoms with Crippen LogP contribution in [0.3, 0.4) is 0 Å². The van der Waals surface area contributed by atoms with Crippen molar-refractivity contribution in [3.05, 3.63) is 40.9 Å². The highest BCUT2D eigenvalue weighted by molar-refractivity contribution is 5.17. The van der Waals surface area contributed by atoms with Gasteiger partial charge < -0.3 is 14.7 Å². The summed E-state index contributed by atoms with van der Waals surface area (Å²) in [6.45, 7) is 4.24. The van der Waals surface area contributed by atoms with Crippen molar-refractivity contribution in [3.8, 4) is 5.82 Å². The Hall–Kier alpha value is -2.03. The Morgan fingerprint density at radius 3 is 2.85 bits per heavy atom. The molecule has 4 rings (SSSR count). The fraction of sp³-hybridized carbons (Fsp3) is 0.611. The van der Waals surface area contributed by atoms with Crippen LogP contribution in [0, 0.1) is 5.92 Å². The number of rotatable bonds is 5. The fourth-order valence-corrected chi connectivity index (χ4v) is 3.80. The molecule has 2 aliphatic heterocycles. The predicted molar refractivity (Wildman–Crippen MR) is 95.2 cm³/mol. The molecule has 2 saturated heterocycles. The minimum absolute atomic E-state index is 0.0826. The Balaban J connectivity index is 1.36. The van der Waals surface area contributed by atoms with Crippen LogP contribution in [0.2, 0.25) is 0 Å². The van der Waals surface area contributed by atoms with Gasteiger partial charge in [-0.15, -0.1) is 5.10 Å². The van der Waals surface area contributed by atoms with Crippen molar-refractivity contribution in [2.75, 3.05) is 32.8 Å². The average molecular weight is 359 g/mol. The first-order valence-electron chi connectivity index (χ1n) is 9.22. The molecule has 0 aromatic carbocycles. The lowest BCUT2D eigenvalue weighted by atomic mass is 9.94. The van der Waals surface area contributed by atoms with Gasteiger partial charge in [0.25, 0.3) is 5.56 Å². The molecule has 0 spiro atoms. The number of nitrogens with zero attached hydrogens (tertiary/aromatic N) is 5. The van der Waals surface area contributed by atoms with Crippen molar-refractivity contribution >= 4 is 0 Å². The molecule has 0 saturated carbocycles. The predicted octanol–water partition coefficient (Wildman–Crippen LogP) is 0.292. The second-order valence-corrected chi connectivity index (χ2v) is 7.41. The molecule has 8 nitrogen and oxygen atoms in total. The number of ether oxygens (including phenoxy) is 1. The van der Waals surface area contributed by atoms with Gasteiger partial charge in [-0.1, -0.05) is 0 Å². The van der Waals surface area contributed by atoms with Crippen molar-refractivity contribution in [3.63, 3.8) is 0 Å². The molecule has 0 radical (unpaired) electrons. The normalized spacial score (nSPS) is 25.0. The highest BCUT2D eigenvalue weighted by Gasteiger charge is 2.35. The van der Waals surface area contributed by atoms with Crippen LogP contribution in [0.1, 0.15) is 19.3 Å². The Bertz CT molecular complexity index is 774. The standard InChI is InChI=1S/C18H25N5O3/c24-17-3-2-16(22-8-1-7-19-22)20-23(17)12-15-4-9-21(10-5-15)13-18(25)6-11-26-14-18/h1-3,7-8,15,25H,4-6,9-14H2. The summed E-state index contributed by atoms with van der Waals surface area (Å²) in [6, 6.07) is 5.07. The average Bonchev–Trinajstić information content (AvgIpc) is 3.31. The summed E-state index contributed by atoms with van der Waals surface area (Å²) in [5, 5.41) is 19.1. The van der Waals surface area contributed by atoms with E-state index in [9.17, 15) is 9.90 Å². The highest BCUT2D eigenvalue weighted by Crippen LogP contribution is 2.24. The Morgan fingerprint density at radius 2 is 2.15 bits per heavy atom. The maximum absolute atomic E-state index is 12.2. The maximum Gasteiger partial charge on any atom is 0.266 e. The molecule has 26 heavy (non-hydrogen) atoms. The summed E-state index contributed by atoms with van der Waals surface area (Å²) in [5.41, 5.74) is -0.774. The lowest BCUT2D eigenvalue weighted by Crippen LogP contribution is -2.47. The van der Waals surface area contributed by atoms with Gasteiger partial charge in [0.15, 0.2) is 5.82 Å². The third-order valence-electron chi connectivity index (χ3n) is 5.33. The van der Waals surface area contributed by atoms with Crippen molar-refractivity contribution in [1.82, 2.24) is 24.5 Å². The number of aliphatic hydroxyl groups is 1. The van der Waals surface area contributed by atoms with Crippen LogP contribution in [-0.2, 0) is 11.3 Å². The summed E-state index contributed by atoms with van der Waals surface area (Å²) in [5.74, 6) is 1.06. The van der Waals surface area contributed by atoms with E-state index in [1.807, 2.05) is 12.3 Å². The molecule has 2 aromatic rings. The second kappa shape index (κ2) is 7.30. The van der Waals surface area contributed by atoms with Gasteiger partial charge in [0, 0.05) is 44.6 Å². The van der Waals surface area contributed by atoms with Gasteiger partial charge >= 0.3 is 0 Å². The van der Waals surface area contributed by atoms with Crippen LogP contribution in [0.4, 0.5) is 0 Å². The van der Waals surface area contributed by atoms with Gasteiger partial charge in [-0.2, -0.15) is 5.10 Å². The van der Waals surface area contributed by atoms with E-state index in [-0.39, 0.29) is 5.56 Å². The zero-order valence-corrected chi connectivity index (χ0v) is 14.8. The molecule has 1 unspecified atom stereocenters. The quantitative estimate of drug-likeness (QED) is 0.826. The molecular formula is C18H25N5O3. The smallest absolute Gasteiger partial charge is 0.266 e. The van der Waals surface area contributed by atoms with Crippen LogP contribution in [0.15, 0.2) is 35.4 Å². The summed E-state index contributed by atoms with van der Waals surface area (Å²) in [7, 11) is 0. The van der Waals surface area contributed by atoms with Gasteiger partial charge in [0.1, 0.15) is 5.60 Å². The summed E-state index contributed by atoms with van der Waals surface area (Å²) in [6.07, 6.45) is 6.21. The third kappa shape index (κ3) is 3.87. The van der Waals surface area contributed by atoms with Crippen molar-refractivity contribution < 1.29 is 9.84 Å². The molecule has 0 aliphatic carbocycles. The van der Waals surface area contributed by atoms with E-state index in [1.165, 1.54) is 0 Å². The summed E-state index contributed by atoms with van der Waals surface area (Å²) in [4.78, 5) is 14.5. The number of likely N-dealkylation sites (tertiary alicyclic amines) is 1. The largest absolute Gasteiger partial charge is 0.386 e. The van der Waals surface area contributed by atoms with Crippen LogP contribution >= 0.6 is 0 Å². The van der Waals surface area contributed by atoms with Crippen LogP contribution < -0.4 is 5.56 Å². The molecule has 2 aromatic heterocycles. The molecular weight excluding hydrogens is 334 g/mol. The number of piperidine rings is 1. The van der Waals surface area contributed by atoms with E-state index < -0.39 is 5.60 Å². The molecule has 0 bridgehead atoms. The van der Waals surface area contributed by atoms with Crippen LogP contribution in [-0.4, -0.2) is 68.0 Å². The third-order valence-corrected chi connectivity index (χ3v) is 5.33. The zero-order valence-electron chi connectivity index (χ0n) is 14.8. The molecule has 2 aliphatic rings. The van der Waals surface area contributed by atoms with Gasteiger partial charge in [0.2, 0.25) is 0 Å². The minimum atomic E-state index is -0.691. The van der Waals surface area contributed by atoms with Gasteiger partial charge in [-0.3, -0.25) is 4.79 Å². The van der Waals surface area contributed by atoms with Gasteiger partial charge in [0.05, 0.1) is 6.61 Å². The first-order valence-corrected chi connectivity index (χ1v) is 9.22. The number of β-amino-alcohol motifs (C(OH)–C–C–N with tert-alkyl or cyclic N) is 1. The van der Waals surface area contributed by atoms with Crippen molar-refractivity contribution in [2.24, 2.45) is 5.92 Å². The minimum Gasteiger partial charge on any atom is -0.386 e. The van der Waals surface area contributed by atoms with Crippen LogP contribution in [0.5, 0.6) is 0 Å². The molecule has 8 heteroatoms. The number of hydrogen-bond donors (Lipinski definition) is 1. The van der Waals surface area contributed by atoms with Crippen molar-refractivity contribution in [2.45, 2.75) is 31.4 Å². The molecule has 4 heterocycles. The fourth-order valence-electron chi connectivity index (χ4n) is 3.80. The Morgan fingerprint density at radius 1 is 1.31 bits per heavy atom. The highest BCUT2D eigenvalue weighted by atomic mass is 16.5. The van der Waals surface area contributed by atoms with E-state index in [0.29, 0.717) is 44.5 Å². The summed E-state index contributed by atoms with van der Waals surface area (Å²) < 4.78 is 8.53. The molecule has 140 valence electrons. The molecule has 1 atom stereocenters. The van der Waals surface area contributed by atoms with E-state index in [0.717, 1.165) is 25.9 Å². The number of hydrogen-bond acceptors (Lipinski definition) is 6. The van der Waals surface area contributed by atoms with Crippen LogP contribution in [0.25, 0.3) is 5.82 Å². The molecule has 2 fully saturated rings. The van der Waals surface area contributed by atoms with E-state index in [2.05, 4.69) is 15.1 Å². The van der Waals surface area contributed by atoms with E-state index >= 15 is 0 Å². The Labute approximate surface area is 152 Å². The van der Waals surface area contributed by atoms with Crippen molar-refractivity contribution in [1.29, 1.82) is 0 Å². The topological polar surface area (TPSA) is 85.4 Å². The lowest BCUT2D eigenvalue weighted by Gasteiger charge is -2.36. The maximum atomic E-state index is 12.2. The number of aromatic nitrogens is 4. The second-order valence-electron chi connectivity index (χ2n) is 7.41. The lowest BCUT2D eigenvalue weighted by molar-refractivity contribution is -0.0127. The molecule has 1 N–H and O–H groups in total. The van der Waals surface area contributed by atoms with Gasteiger partial charge in [-0.25, -0.2) is 9.36 Å². The zero-order chi connectivity index (χ0) is 18.0.